The molecule has 0 spiro atoms. The molecule has 0 amide bonds. The first-order valence-electron chi connectivity index (χ1n) is 5.34. The van der Waals surface area contributed by atoms with E-state index in [0.717, 1.165) is 15.0 Å². The van der Waals surface area contributed by atoms with E-state index in [2.05, 4.69) is 0 Å². The van der Waals surface area contributed by atoms with E-state index in [1.807, 2.05) is 32.2 Å². The highest BCUT2D eigenvalue weighted by atomic mass is 32.1. The van der Waals surface area contributed by atoms with Crippen LogP contribution >= 0.6 is 22.7 Å². The fourth-order valence-corrected chi connectivity index (χ4v) is 3.82. The second-order valence-electron chi connectivity index (χ2n) is 4.73. The van der Waals surface area contributed by atoms with Crippen LogP contribution in [0, 0.1) is 0 Å². The van der Waals surface area contributed by atoms with Crippen molar-refractivity contribution >= 4 is 38.0 Å². The van der Waals surface area contributed by atoms with E-state index in [9.17, 15) is 4.79 Å². The Morgan fingerprint density at radius 3 is 2.76 bits per heavy atom. The molecule has 2 aromatic heterocycles. The van der Waals surface area contributed by atoms with Crippen molar-refractivity contribution in [3.05, 3.63) is 21.9 Å². The van der Waals surface area contributed by atoms with Gasteiger partial charge in [0.2, 0.25) is 0 Å². The zero-order valence-electron chi connectivity index (χ0n) is 10.1. The van der Waals surface area contributed by atoms with Gasteiger partial charge < -0.3 is 10.5 Å². The molecule has 0 bridgehead atoms. The number of thiophene rings is 2. The van der Waals surface area contributed by atoms with Crippen LogP contribution in [-0.2, 0) is 11.3 Å². The lowest BCUT2D eigenvalue weighted by molar-refractivity contribution is 0.00743. The fourth-order valence-electron chi connectivity index (χ4n) is 1.55. The standard InChI is InChI=1S/C12H15NO2S2/c1-12(2,3)15-11(14)10-7(6-13)9-8(17-10)4-5-16-9/h4-5H,6,13H2,1-3H3. The lowest BCUT2D eigenvalue weighted by Gasteiger charge is -2.19. The summed E-state index contributed by atoms with van der Waals surface area (Å²) in [7, 11) is 0. The van der Waals surface area contributed by atoms with Crippen LogP contribution in [0.3, 0.4) is 0 Å². The molecular formula is C12H15NO2S2. The Bertz CT molecular complexity index is 548. The Hall–Kier alpha value is -0.910. The average molecular weight is 269 g/mol. The molecule has 2 heterocycles. The van der Waals surface area contributed by atoms with Crippen molar-refractivity contribution in [1.29, 1.82) is 0 Å². The molecular weight excluding hydrogens is 254 g/mol. The van der Waals surface area contributed by atoms with Gasteiger partial charge >= 0.3 is 5.97 Å². The number of nitrogens with two attached hydrogens (primary N) is 1. The van der Waals surface area contributed by atoms with E-state index >= 15 is 0 Å². The van der Waals surface area contributed by atoms with Crippen molar-refractivity contribution in [2.45, 2.75) is 32.9 Å². The first-order valence-corrected chi connectivity index (χ1v) is 7.04. The molecule has 3 nitrogen and oxygen atoms in total. The van der Waals surface area contributed by atoms with Crippen molar-refractivity contribution in [2.75, 3.05) is 0 Å². The summed E-state index contributed by atoms with van der Waals surface area (Å²) in [5, 5.41) is 2.01. The van der Waals surface area contributed by atoms with Crippen LogP contribution in [0.4, 0.5) is 0 Å². The third kappa shape index (κ3) is 2.51. The van der Waals surface area contributed by atoms with Gasteiger partial charge in [0.25, 0.3) is 0 Å². The number of esters is 1. The summed E-state index contributed by atoms with van der Waals surface area (Å²) < 4.78 is 7.60. The van der Waals surface area contributed by atoms with Crippen molar-refractivity contribution in [2.24, 2.45) is 5.73 Å². The van der Waals surface area contributed by atoms with Crippen LogP contribution in [0.5, 0.6) is 0 Å². The van der Waals surface area contributed by atoms with Gasteiger partial charge in [-0.1, -0.05) is 0 Å². The molecule has 0 aliphatic heterocycles. The van der Waals surface area contributed by atoms with Crippen molar-refractivity contribution in [1.82, 2.24) is 0 Å². The number of carbonyl (C=O) groups is 1. The topological polar surface area (TPSA) is 52.3 Å². The number of hydrogen-bond acceptors (Lipinski definition) is 5. The smallest absolute Gasteiger partial charge is 0.349 e. The van der Waals surface area contributed by atoms with Gasteiger partial charge in [-0.15, -0.1) is 22.7 Å². The van der Waals surface area contributed by atoms with E-state index in [4.69, 9.17) is 10.5 Å². The van der Waals surface area contributed by atoms with Crippen LogP contribution in [-0.4, -0.2) is 11.6 Å². The molecule has 0 unspecified atom stereocenters. The third-order valence-electron chi connectivity index (χ3n) is 2.18. The monoisotopic (exact) mass is 269 g/mol. The van der Waals surface area contributed by atoms with Gasteiger partial charge in [0.05, 0.1) is 4.70 Å². The summed E-state index contributed by atoms with van der Waals surface area (Å²) in [4.78, 5) is 12.7. The number of carbonyl (C=O) groups excluding carboxylic acids is 1. The van der Waals surface area contributed by atoms with Gasteiger partial charge in [-0.3, -0.25) is 0 Å². The van der Waals surface area contributed by atoms with E-state index in [-0.39, 0.29) is 5.97 Å². The molecule has 5 heteroatoms. The Morgan fingerprint density at radius 1 is 1.47 bits per heavy atom. The maximum atomic E-state index is 12.0. The van der Waals surface area contributed by atoms with Crippen LogP contribution in [0.15, 0.2) is 11.4 Å². The van der Waals surface area contributed by atoms with Gasteiger partial charge in [0.15, 0.2) is 0 Å². The zero-order chi connectivity index (χ0) is 12.6. The Morgan fingerprint density at radius 2 is 2.18 bits per heavy atom. The minimum atomic E-state index is -0.472. The Labute approximate surface area is 108 Å². The Kier molecular flexibility index (Phi) is 3.25. The summed E-state index contributed by atoms with van der Waals surface area (Å²) in [6.07, 6.45) is 0. The van der Waals surface area contributed by atoms with E-state index in [1.54, 1.807) is 11.3 Å². The third-order valence-corrected chi connectivity index (χ3v) is 4.46. The van der Waals surface area contributed by atoms with E-state index in [1.165, 1.54) is 11.3 Å². The normalized spacial score (nSPS) is 12.0. The van der Waals surface area contributed by atoms with Gasteiger partial charge in [-0.25, -0.2) is 4.79 Å². The molecule has 2 aromatic rings. The minimum absolute atomic E-state index is 0.272. The highest BCUT2D eigenvalue weighted by Crippen LogP contribution is 2.35. The predicted molar refractivity (Wildman–Crippen MR) is 72.8 cm³/mol. The van der Waals surface area contributed by atoms with Crippen LogP contribution in [0.25, 0.3) is 9.40 Å². The summed E-state index contributed by atoms with van der Waals surface area (Å²) in [5.74, 6) is -0.272. The molecule has 0 saturated heterocycles. The number of rotatable bonds is 2. The summed E-state index contributed by atoms with van der Waals surface area (Å²) in [5.41, 5.74) is 6.17. The molecule has 2 N–H and O–H groups in total. The molecule has 0 aromatic carbocycles. The molecule has 17 heavy (non-hydrogen) atoms. The van der Waals surface area contributed by atoms with Crippen LogP contribution < -0.4 is 5.73 Å². The summed E-state index contributed by atoms with van der Waals surface area (Å²) >= 11 is 3.08. The first kappa shape index (κ1) is 12.5. The molecule has 92 valence electrons. The lowest BCUT2D eigenvalue weighted by Crippen LogP contribution is -2.24. The Balaban J connectivity index is 2.41. The van der Waals surface area contributed by atoms with Gasteiger partial charge in [0.1, 0.15) is 10.5 Å². The van der Waals surface area contributed by atoms with Crippen molar-refractivity contribution < 1.29 is 9.53 Å². The number of ether oxygens (including phenoxy) is 1. The molecule has 0 aliphatic carbocycles. The molecule has 2 rings (SSSR count). The van der Waals surface area contributed by atoms with Gasteiger partial charge in [-0.05, 0) is 32.2 Å². The highest BCUT2D eigenvalue weighted by Gasteiger charge is 2.23. The molecule has 0 saturated carbocycles. The van der Waals surface area contributed by atoms with E-state index in [0.29, 0.717) is 11.4 Å². The highest BCUT2D eigenvalue weighted by molar-refractivity contribution is 7.28. The minimum Gasteiger partial charge on any atom is -0.456 e. The fraction of sp³-hybridized carbons (Fsp3) is 0.417. The first-order chi connectivity index (χ1) is 7.92. The lowest BCUT2D eigenvalue weighted by atomic mass is 10.2. The molecule has 0 atom stereocenters. The number of hydrogen-bond donors (Lipinski definition) is 1. The largest absolute Gasteiger partial charge is 0.456 e. The SMILES string of the molecule is CC(C)(C)OC(=O)c1sc2ccsc2c1CN. The molecule has 0 radical (unpaired) electrons. The van der Waals surface area contributed by atoms with E-state index < -0.39 is 5.60 Å². The maximum absolute atomic E-state index is 12.0. The quantitative estimate of drug-likeness (QED) is 0.850. The predicted octanol–water partition coefficient (Wildman–Crippen LogP) is 3.38. The van der Waals surface area contributed by atoms with Crippen LogP contribution in [0.1, 0.15) is 36.0 Å². The van der Waals surface area contributed by atoms with Crippen LogP contribution in [0.2, 0.25) is 0 Å². The molecule has 0 fully saturated rings. The van der Waals surface area contributed by atoms with Crippen molar-refractivity contribution in [3.63, 3.8) is 0 Å². The second-order valence-corrected chi connectivity index (χ2v) is 6.70. The van der Waals surface area contributed by atoms with Crippen molar-refractivity contribution in [3.8, 4) is 0 Å². The summed E-state index contributed by atoms with van der Waals surface area (Å²) in [6.45, 7) is 5.96. The zero-order valence-corrected chi connectivity index (χ0v) is 11.7. The average Bonchev–Trinajstić information content (AvgIpc) is 2.72. The second kappa shape index (κ2) is 4.40. The van der Waals surface area contributed by atoms with Gasteiger partial charge in [-0.2, -0.15) is 0 Å². The summed E-state index contributed by atoms with van der Waals surface area (Å²) in [6, 6.07) is 2.01. The maximum Gasteiger partial charge on any atom is 0.349 e. The number of fused-ring (bicyclic) bond motifs is 1. The molecule has 0 aliphatic rings. The van der Waals surface area contributed by atoms with Gasteiger partial charge in [0, 0.05) is 16.8 Å².